The van der Waals surface area contributed by atoms with Crippen molar-refractivity contribution in [1.29, 1.82) is 0 Å². The molecule has 3 N–H and O–H groups in total. The van der Waals surface area contributed by atoms with Gasteiger partial charge in [-0.25, -0.2) is 4.99 Å². The number of hydrogen-bond donors (Lipinski definition) is 3. The van der Waals surface area contributed by atoms with Gasteiger partial charge in [-0.2, -0.15) is 0 Å². The molecule has 2 atom stereocenters. The highest BCUT2D eigenvalue weighted by Gasteiger charge is 2.27. The molecule has 30 heavy (non-hydrogen) atoms. The van der Waals surface area contributed by atoms with E-state index < -0.39 is 0 Å². The van der Waals surface area contributed by atoms with Crippen LogP contribution in [0.25, 0.3) is 0 Å². The van der Waals surface area contributed by atoms with Crippen LogP contribution in [0, 0.1) is 5.92 Å². The maximum absolute atomic E-state index is 12.4. The molecular formula is C23H37N5O2. The van der Waals surface area contributed by atoms with E-state index >= 15 is 0 Å². The summed E-state index contributed by atoms with van der Waals surface area (Å²) in [5.41, 5.74) is 1.63. The first-order chi connectivity index (χ1) is 14.3. The van der Waals surface area contributed by atoms with Crippen LogP contribution in [0.3, 0.4) is 0 Å². The van der Waals surface area contributed by atoms with Crippen molar-refractivity contribution in [3.05, 3.63) is 35.4 Å². The second-order valence-electron chi connectivity index (χ2n) is 8.25. The Morgan fingerprint density at radius 2 is 2.00 bits per heavy atom. The number of amides is 2. The third-order valence-corrected chi connectivity index (χ3v) is 5.28. The van der Waals surface area contributed by atoms with E-state index in [-0.39, 0.29) is 29.8 Å². The van der Waals surface area contributed by atoms with Crippen LogP contribution < -0.4 is 16.0 Å². The second kappa shape index (κ2) is 11.6. The Morgan fingerprint density at radius 1 is 1.23 bits per heavy atom. The SMILES string of the molecule is CCNC(=NCc1cccc(C(=O)NC(C)CC)c1)NC1CCN(C(=O)C(C)C)C1. The maximum Gasteiger partial charge on any atom is 0.251 e. The van der Waals surface area contributed by atoms with Crippen LogP contribution in [0.5, 0.6) is 0 Å². The minimum Gasteiger partial charge on any atom is -0.357 e. The van der Waals surface area contributed by atoms with Crippen LogP contribution >= 0.6 is 0 Å². The predicted molar refractivity (Wildman–Crippen MR) is 121 cm³/mol. The fourth-order valence-corrected chi connectivity index (χ4v) is 3.35. The average molecular weight is 416 g/mol. The molecule has 2 unspecified atom stereocenters. The lowest BCUT2D eigenvalue weighted by molar-refractivity contribution is -0.133. The number of nitrogens with one attached hydrogen (secondary N) is 3. The number of nitrogens with zero attached hydrogens (tertiary/aromatic N) is 2. The lowest BCUT2D eigenvalue weighted by Crippen LogP contribution is -2.45. The Balaban J connectivity index is 1.99. The van der Waals surface area contributed by atoms with E-state index in [1.165, 1.54) is 0 Å². The summed E-state index contributed by atoms with van der Waals surface area (Å²) in [5.74, 6) is 0.904. The predicted octanol–water partition coefficient (Wildman–Crippen LogP) is 2.53. The molecule has 0 aromatic heterocycles. The average Bonchev–Trinajstić information content (AvgIpc) is 3.20. The summed E-state index contributed by atoms with van der Waals surface area (Å²) in [5, 5.41) is 9.72. The lowest BCUT2D eigenvalue weighted by atomic mass is 10.1. The summed E-state index contributed by atoms with van der Waals surface area (Å²) in [7, 11) is 0. The topological polar surface area (TPSA) is 85.8 Å². The molecule has 0 spiro atoms. The normalized spacial score (nSPS) is 17.7. The molecule has 1 aliphatic rings. The summed E-state index contributed by atoms with van der Waals surface area (Å²) < 4.78 is 0. The van der Waals surface area contributed by atoms with Gasteiger partial charge in [0.1, 0.15) is 0 Å². The van der Waals surface area contributed by atoms with Gasteiger partial charge in [-0.1, -0.05) is 32.9 Å². The largest absolute Gasteiger partial charge is 0.357 e. The summed E-state index contributed by atoms with van der Waals surface area (Å²) >= 11 is 0. The molecule has 1 aliphatic heterocycles. The minimum absolute atomic E-state index is 0.0236. The van der Waals surface area contributed by atoms with Crippen molar-refractivity contribution in [2.24, 2.45) is 10.9 Å². The van der Waals surface area contributed by atoms with Crippen molar-refractivity contribution < 1.29 is 9.59 Å². The zero-order chi connectivity index (χ0) is 22.1. The van der Waals surface area contributed by atoms with Crippen molar-refractivity contribution in [3.63, 3.8) is 0 Å². The van der Waals surface area contributed by atoms with Crippen LogP contribution in [0.2, 0.25) is 0 Å². The number of guanidine groups is 1. The number of carbonyl (C=O) groups excluding carboxylic acids is 2. The Bertz CT molecular complexity index is 747. The van der Waals surface area contributed by atoms with E-state index in [4.69, 9.17) is 0 Å². The molecule has 7 heteroatoms. The molecule has 166 valence electrons. The minimum atomic E-state index is -0.0546. The van der Waals surface area contributed by atoms with Crippen LogP contribution in [0.15, 0.2) is 29.3 Å². The number of aliphatic imine (C=N–C) groups is 1. The number of benzene rings is 1. The number of hydrogen-bond acceptors (Lipinski definition) is 3. The van der Waals surface area contributed by atoms with E-state index in [9.17, 15) is 9.59 Å². The Kier molecular flexibility index (Phi) is 9.15. The first-order valence-electron chi connectivity index (χ1n) is 11.1. The van der Waals surface area contributed by atoms with Crippen LogP contribution in [0.4, 0.5) is 0 Å². The zero-order valence-corrected chi connectivity index (χ0v) is 19.0. The van der Waals surface area contributed by atoms with Gasteiger partial charge in [-0.05, 0) is 44.4 Å². The Morgan fingerprint density at radius 3 is 2.67 bits per heavy atom. The van der Waals surface area contributed by atoms with E-state index in [0.717, 1.165) is 37.5 Å². The van der Waals surface area contributed by atoms with Gasteiger partial charge in [0.05, 0.1) is 6.54 Å². The summed E-state index contributed by atoms with van der Waals surface area (Å²) in [6.45, 7) is 12.7. The molecule has 7 nitrogen and oxygen atoms in total. The Hall–Kier alpha value is -2.57. The van der Waals surface area contributed by atoms with Gasteiger partial charge in [0.2, 0.25) is 5.91 Å². The van der Waals surface area contributed by atoms with Crippen LogP contribution in [-0.2, 0) is 11.3 Å². The molecule has 0 bridgehead atoms. The molecule has 1 aromatic rings. The fourth-order valence-electron chi connectivity index (χ4n) is 3.35. The third-order valence-electron chi connectivity index (χ3n) is 5.28. The van der Waals surface area contributed by atoms with Crippen molar-refractivity contribution in [3.8, 4) is 0 Å². The second-order valence-corrected chi connectivity index (χ2v) is 8.25. The molecule has 2 amide bonds. The Labute approximate surface area is 180 Å². The first kappa shape index (κ1) is 23.7. The quantitative estimate of drug-likeness (QED) is 0.450. The molecule has 0 radical (unpaired) electrons. The summed E-state index contributed by atoms with van der Waals surface area (Å²) in [6, 6.07) is 7.93. The van der Waals surface area contributed by atoms with E-state index in [1.54, 1.807) is 0 Å². The van der Waals surface area contributed by atoms with Gasteiger partial charge in [0.15, 0.2) is 5.96 Å². The van der Waals surface area contributed by atoms with Crippen molar-refractivity contribution >= 4 is 17.8 Å². The van der Waals surface area contributed by atoms with E-state index in [0.29, 0.717) is 18.7 Å². The van der Waals surface area contributed by atoms with Gasteiger partial charge in [-0.15, -0.1) is 0 Å². The van der Waals surface area contributed by atoms with Crippen LogP contribution in [-0.4, -0.2) is 54.4 Å². The monoisotopic (exact) mass is 415 g/mol. The summed E-state index contributed by atoms with van der Waals surface area (Å²) in [4.78, 5) is 31.2. The molecule has 0 aliphatic carbocycles. The fraction of sp³-hybridized carbons (Fsp3) is 0.609. The van der Waals surface area contributed by atoms with Gasteiger partial charge < -0.3 is 20.9 Å². The van der Waals surface area contributed by atoms with Crippen LogP contribution in [0.1, 0.15) is 63.4 Å². The lowest BCUT2D eigenvalue weighted by Gasteiger charge is -2.20. The first-order valence-corrected chi connectivity index (χ1v) is 11.1. The van der Waals surface area contributed by atoms with Crippen molar-refractivity contribution in [2.75, 3.05) is 19.6 Å². The van der Waals surface area contributed by atoms with E-state index in [1.807, 2.05) is 63.8 Å². The van der Waals surface area contributed by atoms with Gasteiger partial charge >= 0.3 is 0 Å². The molecule has 1 aromatic carbocycles. The molecule has 0 saturated carbocycles. The number of carbonyl (C=O) groups is 2. The highest BCUT2D eigenvalue weighted by Crippen LogP contribution is 2.13. The van der Waals surface area contributed by atoms with E-state index in [2.05, 4.69) is 20.9 Å². The van der Waals surface area contributed by atoms with Crippen molar-refractivity contribution in [1.82, 2.24) is 20.9 Å². The highest BCUT2D eigenvalue weighted by atomic mass is 16.2. The number of rotatable bonds is 8. The molecule has 1 fully saturated rings. The van der Waals surface area contributed by atoms with Gasteiger partial charge in [0.25, 0.3) is 5.91 Å². The van der Waals surface area contributed by atoms with Gasteiger partial charge in [0, 0.05) is 43.2 Å². The molecule has 1 heterocycles. The van der Waals surface area contributed by atoms with Crippen molar-refractivity contribution in [2.45, 2.75) is 66.1 Å². The highest BCUT2D eigenvalue weighted by molar-refractivity contribution is 5.94. The third kappa shape index (κ3) is 7.04. The standard InChI is InChI=1S/C23H37N5O2/c1-6-17(5)26-21(29)19-10-8-9-18(13-19)14-25-23(24-7-2)27-20-11-12-28(15-20)22(30)16(3)4/h8-10,13,16-17,20H,6-7,11-12,14-15H2,1-5H3,(H,26,29)(H2,24,25,27). The zero-order valence-electron chi connectivity index (χ0n) is 19.0. The smallest absolute Gasteiger partial charge is 0.251 e. The van der Waals surface area contributed by atoms with Gasteiger partial charge in [-0.3, -0.25) is 9.59 Å². The summed E-state index contributed by atoms with van der Waals surface area (Å²) in [6.07, 6.45) is 1.81. The molecular weight excluding hydrogens is 378 g/mol. The maximum atomic E-state index is 12.4. The molecule has 1 saturated heterocycles. The number of likely N-dealkylation sites (tertiary alicyclic amines) is 1. The molecule has 2 rings (SSSR count).